The first kappa shape index (κ1) is 21.4. The average Bonchev–Trinajstić information content (AvgIpc) is 3.21. The summed E-state index contributed by atoms with van der Waals surface area (Å²) in [5.74, 6) is -0.239. The molecule has 0 aliphatic heterocycles. The zero-order valence-electron chi connectivity index (χ0n) is 16.2. The highest BCUT2D eigenvalue weighted by atomic mass is 35.5. The molecule has 7 nitrogen and oxygen atoms in total. The number of halogens is 2. The minimum absolute atomic E-state index is 0.148. The van der Waals surface area contributed by atoms with Crippen LogP contribution in [0.3, 0.4) is 0 Å². The van der Waals surface area contributed by atoms with Crippen LogP contribution in [0.15, 0.2) is 47.0 Å². The van der Waals surface area contributed by atoms with Crippen LogP contribution in [0.2, 0.25) is 5.02 Å². The largest absolute Gasteiger partial charge is 0.354 e. The molecule has 9 heteroatoms. The molecule has 0 fully saturated rings. The van der Waals surface area contributed by atoms with Crippen LogP contribution >= 0.6 is 11.6 Å². The third-order valence-electron chi connectivity index (χ3n) is 4.30. The van der Waals surface area contributed by atoms with Crippen LogP contribution in [0.1, 0.15) is 28.2 Å². The summed E-state index contributed by atoms with van der Waals surface area (Å²) < 4.78 is 18.8. The van der Waals surface area contributed by atoms with E-state index >= 15 is 0 Å². The predicted molar refractivity (Wildman–Crippen MR) is 110 cm³/mol. The molecule has 0 aliphatic carbocycles. The fourth-order valence-electron chi connectivity index (χ4n) is 2.60. The molecule has 0 bridgehead atoms. The summed E-state index contributed by atoms with van der Waals surface area (Å²) in [6.07, 6.45) is 0.402. The Labute approximate surface area is 177 Å². The highest BCUT2D eigenvalue weighted by Gasteiger charge is 2.12. The number of carbonyl (C=O) groups excluding carboxylic acids is 2. The molecular weight excluding hydrogens is 411 g/mol. The number of benzene rings is 2. The van der Waals surface area contributed by atoms with Crippen LogP contribution in [0.4, 0.5) is 4.39 Å². The van der Waals surface area contributed by atoms with Gasteiger partial charge in [-0.3, -0.25) is 9.59 Å². The molecule has 2 amide bonds. The Morgan fingerprint density at radius 1 is 1.10 bits per heavy atom. The Bertz CT molecular complexity index is 1040. The van der Waals surface area contributed by atoms with Crippen molar-refractivity contribution in [2.45, 2.75) is 19.8 Å². The summed E-state index contributed by atoms with van der Waals surface area (Å²) in [7, 11) is 0. The lowest BCUT2D eigenvalue weighted by Gasteiger charge is -2.07. The number of nitrogens with one attached hydrogen (secondary N) is 2. The Hall–Kier alpha value is -3.26. The van der Waals surface area contributed by atoms with Crippen molar-refractivity contribution in [1.29, 1.82) is 0 Å². The monoisotopic (exact) mass is 430 g/mol. The van der Waals surface area contributed by atoms with E-state index in [4.69, 9.17) is 16.1 Å². The van der Waals surface area contributed by atoms with Crippen molar-refractivity contribution in [3.63, 3.8) is 0 Å². The summed E-state index contributed by atoms with van der Waals surface area (Å²) in [6.45, 7) is 2.25. The molecule has 0 saturated carbocycles. The summed E-state index contributed by atoms with van der Waals surface area (Å²) >= 11 is 5.79. The maximum Gasteiger partial charge on any atom is 0.251 e. The van der Waals surface area contributed by atoms with E-state index in [0.29, 0.717) is 21.7 Å². The van der Waals surface area contributed by atoms with E-state index in [1.807, 2.05) is 0 Å². The SMILES string of the molecule is Cc1ccc(-c2noc(CCC(=O)NCCNC(=O)c3ccc(Cl)cc3)n2)cc1F. The van der Waals surface area contributed by atoms with Crippen molar-refractivity contribution in [2.24, 2.45) is 0 Å². The summed E-state index contributed by atoms with van der Waals surface area (Å²) in [5, 5.41) is 9.79. The third kappa shape index (κ3) is 5.87. The minimum Gasteiger partial charge on any atom is -0.354 e. The van der Waals surface area contributed by atoms with Gasteiger partial charge in [0.1, 0.15) is 5.82 Å². The first-order valence-electron chi connectivity index (χ1n) is 9.32. The quantitative estimate of drug-likeness (QED) is 0.534. The van der Waals surface area contributed by atoms with Gasteiger partial charge in [-0.05, 0) is 42.8 Å². The van der Waals surface area contributed by atoms with Gasteiger partial charge < -0.3 is 15.2 Å². The van der Waals surface area contributed by atoms with Crippen LogP contribution in [-0.4, -0.2) is 35.0 Å². The molecule has 3 aromatic rings. The summed E-state index contributed by atoms with van der Waals surface area (Å²) in [4.78, 5) is 28.1. The zero-order chi connectivity index (χ0) is 21.5. The number of nitrogens with zero attached hydrogens (tertiary/aromatic N) is 2. The van der Waals surface area contributed by atoms with Crippen LogP contribution in [0, 0.1) is 12.7 Å². The van der Waals surface area contributed by atoms with E-state index in [1.165, 1.54) is 6.07 Å². The molecule has 0 saturated heterocycles. The Morgan fingerprint density at radius 2 is 1.83 bits per heavy atom. The van der Waals surface area contributed by atoms with Gasteiger partial charge in [-0.2, -0.15) is 4.98 Å². The number of rotatable bonds is 8. The number of hydrogen-bond acceptors (Lipinski definition) is 5. The molecule has 0 atom stereocenters. The molecule has 30 heavy (non-hydrogen) atoms. The lowest BCUT2D eigenvalue weighted by Crippen LogP contribution is -2.34. The molecule has 1 heterocycles. The maximum absolute atomic E-state index is 13.7. The lowest BCUT2D eigenvalue weighted by molar-refractivity contribution is -0.121. The molecule has 0 spiro atoms. The van der Waals surface area contributed by atoms with E-state index in [2.05, 4.69) is 20.8 Å². The standard InChI is InChI=1S/C21H20ClFN4O3/c1-13-2-3-15(12-17(13)23)20-26-19(30-27-20)9-8-18(28)24-10-11-25-21(29)14-4-6-16(22)7-5-14/h2-7,12H,8-11H2,1H3,(H,24,28)(H,25,29). The van der Waals surface area contributed by atoms with Crippen LogP contribution in [0.25, 0.3) is 11.4 Å². The van der Waals surface area contributed by atoms with E-state index < -0.39 is 0 Å². The Balaban J connectivity index is 1.38. The van der Waals surface area contributed by atoms with Gasteiger partial charge in [0.25, 0.3) is 5.91 Å². The number of aryl methyl sites for hydroxylation is 2. The van der Waals surface area contributed by atoms with Gasteiger partial charge in [-0.1, -0.05) is 28.9 Å². The van der Waals surface area contributed by atoms with Crippen LogP contribution in [0.5, 0.6) is 0 Å². The van der Waals surface area contributed by atoms with Crippen molar-refractivity contribution in [3.05, 3.63) is 70.3 Å². The molecule has 1 aromatic heterocycles. The minimum atomic E-state index is -0.346. The second-order valence-electron chi connectivity index (χ2n) is 6.59. The Kier molecular flexibility index (Phi) is 7.13. The van der Waals surface area contributed by atoms with E-state index in [-0.39, 0.29) is 55.3 Å². The van der Waals surface area contributed by atoms with Crippen molar-refractivity contribution in [2.75, 3.05) is 13.1 Å². The van der Waals surface area contributed by atoms with Crippen LogP contribution in [-0.2, 0) is 11.2 Å². The fourth-order valence-corrected chi connectivity index (χ4v) is 2.72. The first-order valence-corrected chi connectivity index (χ1v) is 9.70. The second kappa shape index (κ2) is 9.98. The highest BCUT2D eigenvalue weighted by molar-refractivity contribution is 6.30. The van der Waals surface area contributed by atoms with Crippen LogP contribution < -0.4 is 10.6 Å². The molecule has 0 radical (unpaired) electrons. The molecule has 2 aromatic carbocycles. The lowest BCUT2D eigenvalue weighted by atomic mass is 10.1. The number of aromatic nitrogens is 2. The van der Waals surface area contributed by atoms with Gasteiger partial charge in [0, 0.05) is 42.1 Å². The van der Waals surface area contributed by atoms with Gasteiger partial charge in [0.2, 0.25) is 17.6 Å². The van der Waals surface area contributed by atoms with Crippen molar-refractivity contribution < 1.29 is 18.5 Å². The first-order chi connectivity index (χ1) is 14.4. The molecule has 0 aliphatic rings. The topological polar surface area (TPSA) is 97.1 Å². The van der Waals surface area contributed by atoms with Gasteiger partial charge >= 0.3 is 0 Å². The van der Waals surface area contributed by atoms with Gasteiger partial charge in [-0.25, -0.2) is 4.39 Å². The molecule has 156 valence electrons. The molecule has 3 rings (SSSR count). The van der Waals surface area contributed by atoms with Crippen molar-refractivity contribution in [1.82, 2.24) is 20.8 Å². The predicted octanol–water partition coefficient (Wildman–Crippen LogP) is 3.32. The smallest absolute Gasteiger partial charge is 0.251 e. The average molecular weight is 431 g/mol. The Morgan fingerprint density at radius 3 is 2.57 bits per heavy atom. The second-order valence-corrected chi connectivity index (χ2v) is 7.02. The normalized spacial score (nSPS) is 10.6. The van der Waals surface area contributed by atoms with E-state index in [0.717, 1.165) is 0 Å². The maximum atomic E-state index is 13.7. The molecule has 0 unspecified atom stereocenters. The highest BCUT2D eigenvalue weighted by Crippen LogP contribution is 2.19. The van der Waals surface area contributed by atoms with Crippen molar-refractivity contribution in [3.8, 4) is 11.4 Å². The van der Waals surface area contributed by atoms with Gasteiger partial charge in [0.15, 0.2) is 0 Å². The number of carbonyl (C=O) groups is 2. The van der Waals surface area contributed by atoms with Gasteiger partial charge in [-0.15, -0.1) is 0 Å². The molecule has 2 N–H and O–H groups in total. The third-order valence-corrected chi connectivity index (χ3v) is 4.56. The van der Waals surface area contributed by atoms with Crippen molar-refractivity contribution >= 4 is 23.4 Å². The zero-order valence-corrected chi connectivity index (χ0v) is 17.0. The summed E-state index contributed by atoms with van der Waals surface area (Å²) in [6, 6.07) is 11.2. The number of amides is 2. The van der Waals surface area contributed by atoms with E-state index in [9.17, 15) is 14.0 Å². The fraction of sp³-hybridized carbons (Fsp3) is 0.238. The molecular formula is C21H20ClFN4O3. The van der Waals surface area contributed by atoms with Gasteiger partial charge in [0.05, 0.1) is 0 Å². The number of hydrogen-bond donors (Lipinski definition) is 2. The van der Waals surface area contributed by atoms with E-state index in [1.54, 1.807) is 43.3 Å². The summed E-state index contributed by atoms with van der Waals surface area (Å²) in [5.41, 5.74) is 1.53.